The van der Waals surface area contributed by atoms with Gasteiger partial charge in [-0.3, -0.25) is 10.1 Å². The van der Waals surface area contributed by atoms with E-state index in [-0.39, 0.29) is 5.88 Å². The molecule has 2 aromatic carbocycles. The summed E-state index contributed by atoms with van der Waals surface area (Å²) in [6, 6.07) is 11.5. The van der Waals surface area contributed by atoms with E-state index >= 15 is 0 Å². The molecule has 5 heteroatoms. The van der Waals surface area contributed by atoms with Gasteiger partial charge < -0.3 is 10.1 Å². The molecule has 1 heterocycles. The first kappa shape index (κ1) is 9.65. The van der Waals surface area contributed by atoms with Crippen LogP contribution in [0.15, 0.2) is 48.5 Å². The quantitative estimate of drug-likeness (QED) is 0.602. The number of ether oxygens (including phenoxy) is 1. The average molecular weight is 228 g/mol. The summed E-state index contributed by atoms with van der Waals surface area (Å²) in [6.07, 6.45) is 0.814. The minimum atomic E-state index is -0.545. The topological polar surface area (TPSA) is 64.4 Å². The fraction of sp³-hybridized carbons (Fsp3) is 0. The van der Waals surface area contributed by atoms with Crippen molar-refractivity contribution >= 4 is 16.5 Å². The number of hydrogen-bond acceptors (Lipinski definition) is 4. The third-order valence-electron chi connectivity index (χ3n) is 2.58. The van der Waals surface area contributed by atoms with Gasteiger partial charge in [0.1, 0.15) is 0 Å². The van der Waals surface area contributed by atoms with Gasteiger partial charge in [-0.1, -0.05) is 30.3 Å². The van der Waals surface area contributed by atoms with E-state index in [4.69, 9.17) is 4.74 Å². The molecule has 0 aromatic heterocycles. The largest absolute Gasteiger partial charge is 0.433 e. The van der Waals surface area contributed by atoms with Gasteiger partial charge in [-0.15, -0.1) is 0 Å². The molecule has 2 aromatic rings. The molecule has 0 spiro atoms. The number of nitrogens with one attached hydrogen (secondary N) is 1. The zero-order valence-electron chi connectivity index (χ0n) is 8.71. The molecule has 1 aliphatic heterocycles. The van der Waals surface area contributed by atoms with Gasteiger partial charge in [-0.05, 0) is 11.5 Å². The summed E-state index contributed by atoms with van der Waals surface area (Å²) in [5.41, 5.74) is 0.774. The van der Waals surface area contributed by atoms with Crippen LogP contribution in [-0.2, 0) is 0 Å². The van der Waals surface area contributed by atoms with Gasteiger partial charge in [-0.25, -0.2) is 0 Å². The Hall–Kier alpha value is -2.56. The molecule has 84 valence electrons. The summed E-state index contributed by atoms with van der Waals surface area (Å²) >= 11 is 0. The zero-order chi connectivity index (χ0) is 11.8. The molecule has 0 atom stereocenters. The summed E-state index contributed by atoms with van der Waals surface area (Å²) < 4.78 is 5.33. The van der Waals surface area contributed by atoms with Crippen molar-refractivity contribution in [2.45, 2.75) is 0 Å². The van der Waals surface area contributed by atoms with Crippen LogP contribution >= 0.6 is 0 Å². The minimum Gasteiger partial charge on any atom is -0.433 e. The highest BCUT2D eigenvalue weighted by molar-refractivity contribution is 5.98. The molecule has 0 saturated heterocycles. The van der Waals surface area contributed by atoms with E-state index in [1.54, 1.807) is 6.07 Å². The second-order valence-electron chi connectivity index (χ2n) is 3.67. The van der Waals surface area contributed by atoms with Crippen molar-refractivity contribution in [3.8, 4) is 5.75 Å². The van der Waals surface area contributed by atoms with Crippen LogP contribution < -0.4 is 10.1 Å². The summed E-state index contributed by atoms with van der Waals surface area (Å²) in [7, 11) is 0. The van der Waals surface area contributed by atoms with Gasteiger partial charge in [0.15, 0.2) is 5.75 Å². The van der Waals surface area contributed by atoms with E-state index in [1.807, 2.05) is 30.3 Å². The lowest BCUT2D eigenvalue weighted by Crippen LogP contribution is -2.00. The van der Waals surface area contributed by atoms with Gasteiger partial charge >= 0.3 is 0 Å². The number of rotatable bonds is 1. The van der Waals surface area contributed by atoms with Crippen LogP contribution in [0.4, 0.5) is 5.69 Å². The van der Waals surface area contributed by atoms with Gasteiger partial charge in [0.2, 0.25) is 0 Å². The summed E-state index contributed by atoms with van der Waals surface area (Å²) in [5, 5.41) is 15.3. The van der Waals surface area contributed by atoms with E-state index < -0.39 is 4.92 Å². The summed E-state index contributed by atoms with van der Waals surface area (Å²) in [6.45, 7) is 0. The second kappa shape index (κ2) is 3.48. The van der Waals surface area contributed by atoms with E-state index in [0.717, 1.165) is 22.7 Å². The molecule has 0 fully saturated rings. The van der Waals surface area contributed by atoms with Crippen LogP contribution in [0.1, 0.15) is 0 Å². The highest BCUT2D eigenvalue weighted by Gasteiger charge is 2.21. The molecule has 0 unspecified atom stereocenters. The highest BCUT2D eigenvalue weighted by atomic mass is 16.6. The van der Waals surface area contributed by atoms with Crippen LogP contribution in [0, 0.1) is 10.1 Å². The van der Waals surface area contributed by atoms with Crippen molar-refractivity contribution in [1.29, 1.82) is 0 Å². The first-order valence-corrected chi connectivity index (χ1v) is 5.06. The van der Waals surface area contributed by atoms with Gasteiger partial charge in [0.05, 0.1) is 10.6 Å². The molecule has 0 radical (unpaired) electrons. The smallest absolute Gasteiger partial charge is 0.294 e. The van der Waals surface area contributed by atoms with E-state index in [1.165, 1.54) is 0 Å². The SMILES string of the molecule is O=[N+]([O-])/C=C1/Nc2c(ccc3ccccc23)O1. The molecule has 0 bridgehead atoms. The molecular formula is C12H8N2O3. The third kappa shape index (κ3) is 1.57. The third-order valence-corrected chi connectivity index (χ3v) is 2.58. The van der Waals surface area contributed by atoms with Gasteiger partial charge in [0.25, 0.3) is 12.1 Å². The van der Waals surface area contributed by atoms with Crippen LogP contribution in [-0.4, -0.2) is 4.92 Å². The van der Waals surface area contributed by atoms with E-state index in [9.17, 15) is 10.1 Å². The molecule has 1 aliphatic rings. The van der Waals surface area contributed by atoms with Crippen molar-refractivity contribution in [2.24, 2.45) is 0 Å². The predicted molar refractivity (Wildman–Crippen MR) is 63.3 cm³/mol. The lowest BCUT2D eigenvalue weighted by atomic mass is 10.1. The number of nitro groups is 1. The monoisotopic (exact) mass is 228 g/mol. The van der Waals surface area contributed by atoms with Gasteiger partial charge in [-0.2, -0.15) is 0 Å². The van der Waals surface area contributed by atoms with Crippen molar-refractivity contribution in [3.63, 3.8) is 0 Å². The number of anilines is 1. The number of benzene rings is 2. The Morgan fingerprint density at radius 3 is 2.88 bits per heavy atom. The Kier molecular flexibility index (Phi) is 1.98. The second-order valence-corrected chi connectivity index (χ2v) is 3.67. The molecule has 0 aliphatic carbocycles. The van der Waals surface area contributed by atoms with Crippen molar-refractivity contribution in [3.05, 3.63) is 58.6 Å². The lowest BCUT2D eigenvalue weighted by molar-refractivity contribution is -0.404. The molecular weight excluding hydrogens is 220 g/mol. The molecule has 17 heavy (non-hydrogen) atoms. The van der Waals surface area contributed by atoms with E-state index in [2.05, 4.69) is 5.32 Å². The Balaban J connectivity index is 2.14. The van der Waals surface area contributed by atoms with Crippen LogP contribution in [0.5, 0.6) is 5.75 Å². The molecule has 0 amide bonds. The standard InChI is InChI=1S/C12H8N2O3/c15-14(16)7-11-13-12-9-4-2-1-3-8(9)5-6-10(12)17-11/h1-7,13H/b11-7-. The number of nitrogens with zero attached hydrogens (tertiary/aromatic N) is 1. The fourth-order valence-electron chi connectivity index (χ4n) is 1.89. The van der Waals surface area contributed by atoms with Crippen LogP contribution in [0.3, 0.4) is 0 Å². The minimum absolute atomic E-state index is 0.140. The van der Waals surface area contributed by atoms with Crippen molar-refractivity contribution in [1.82, 2.24) is 0 Å². The first-order valence-electron chi connectivity index (χ1n) is 5.06. The maximum absolute atomic E-state index is 10.4. The molecule has 5 nitrogen and oxygen atoms in total. The fourth-order valence-corrected chi connectivity index (χ4v) is 1.89. The molecule has 0 saturated carbocycles. The van der Waals surface area contributed by atoms with Crippen LogP contribution in [0.25, 0.3) is 10.8 Å². The summed E-state index contributed by atoms with van der Waals surface area (Å²) in [5.74, 6) is 0.748. The Bertz CT molecular complexity index is 649. The van der Waals surface area contributed by atoms with Crippen molar-refractivity contribution in [2.75, 3.05) is 5.32 Å². The van der Waals surface area contributed by atoms with Crippen molar-refractivity contribution < 1.29 is 9.66 Å². The first-order chi connectivity index (χ1) is 8.24. The van der Waals surface area contributed by atoms with Crippen LogP contribution in [0.2, 0.25) is 0 Å². The van der Waals surface area contributed by atoms with E-state index in [0.29, 0.717) is 5.75 Å². The lowest BCUT2D eigenvalue weighted by Gasteiger charge is -2.01. The predicted octanol–water partition coefficient (Wildman–Crippen LogP) is 2.72. The highest BCUT2D eigenvalue weighted by Crippen LogP contribution is 2.39. The summed E-state index contributed by atoms with van der Waals surface area (Å²) in [4.78, 5) is 9.83. The number of fused-ring (bicyclic) bond motifs is 3. The zero-order valence-corrected chi connectivity index (χ0v) is 8.71. The number of hydrogen-bond donors (Lipinski definition) is 1. The molecule has 3 rings (SSSR count). The maximum Gasteiger partial charge on any atom is 0.294 e. The van der Waals surface area contributed by atoms with Gasteiger partial charge in [0, 0.05) is 5.39 Å². The normalized spacial score (nSPS) is 15.4. The maximum atomic E-state index is 10.4. The Labute approximate surface area is 96.5 Å². The average Bonchev–Trinajstić information content (AvgIpc) is 2.70. The Morgan fingerprint density at radius 2 is 2.06 bits per heavy atom. The molecule has 1 N–H and O–H groups in total. The Morgan fingerprint density at radius 1 is 1.24 bits per heavy atom.